The molecule has 0 aliphatic carbocycles. The first-order valence-electron chi connectivity index (χ1n) is 10.2. The minimum absolute atomic E-state index is 0.124. The Labute approximate surface area is 186 Å². The summed E-state index contributed by atoms with van der Waals surface area (Å²) in [5.74, 6) is 1.77. The van der Waals surface area contributed by atoms with E-state index in [0.717, 1.165) is 28.0 Å². The quantitative estimate of drug-likeness (QED) is 0.285. The zero-order valence-electron chi connectivity index (χ0n) is 17.9. The van der Waals surface area contributed by atoms with Crippen LogP contribution >= 0.6 is 0 Å². The molecule has 0 unspecified atom stereocenters. The fourth-order valence-corrected chi connectivity index (χ4v) is 3.30. The number of fused-ring (bicyclic) bond motifs is 1. The number of aromatic nitrogens is 1. The van der Waals surface area contributed by atoms with Gasteiger partial charge >= 0.3 is 5.97 Å². The van der Waals surface area contributed by atoms with E-state index in [1.165, 1.54) is 0 Å². The molecule has 0 aliphatic rings. The third-order valence-electron chi connectivity index (χ3n) is 4.97. The molecule has 32 heavy (non-hydrogen) atoms. The second-order valence-corrected chi connectivity index (χ2v) is 6.96. The predicted molar refractivity (Wildman–Crippen MR) is 123 cm³/mol. The third kappa shape index (κ3) is 4.81. The lowest BCUT2D eigenvalue weighted by Crippen LogP contribution is -2.13. The summed E-state index contributed by atoms with van der Waals surface area (Å²) in [5, 5.41) is 0.742. The molecule has 0 N–H and O–H groups in total. The number of hydrogen-bond acceptors (Lipinski definition) is 6. The molecule has 6 nitrogen and oxygen atoms in total. The maximum atomic E-state index is 12.9. The van der Waals surface area contributed by atoms with Crippen molar-refractivity contribution in [3.05, 3.63) is 84.4 Å². The van der Waals surface area contributed by atoms with Crippen LogP contribution in [0, 0.1) is 0 Å². The Morgan fingerprint density at radius 2 is 1.41 bits per heavy atom. The smallest absolute Gasteiger partial charge is 0.339 e. The summed E-state index contributed by atoms with van der Waals surface area (Å²) in [4.78, 5) is 17.6. The van der Waals surface area contributed by atoms with Crippen LogP contribution in [0.4, 0.5) is 0 Å². The summed E-state index contributed by atoms with van der Waals surface area (Å²) < 4.78 is 21.5. The molecule has 6 heteroatoms. The Morgan fingerprint density at radius 1 is 0.781 bits per heavy atom. The minimum atomic E-state index is -0.420. The number of benzene rings is 3. The number of hydrogen-bond donors (Lipinski definition) is 0. The Balaban J connectivity index is 1.49. The van der Waals surface area contributed by atoms with Crippen LogP contribution < -0.4 is 14.2 Å². The van der Waals surface area contributed by atoms with Gasteiger partial charge in [0, 0.05) is 10.9 Å². The molecule has 1 heterocycles. The Bertz CT molecular complexity index is 1200. The highest BCUT2D eigenvalue weighted by atomic mass is 16.6. The van der Waals surface area contributed by atoms with Crippen LogP contribution in [0.3, 0.4) is 0 Å². The topological polar surface area (TPSA) is 66.9 Å². The summed E-state index contributed by atoms with van der Waals surface area (Å²) in [7, 11) is 3.23. The molecule has 0 fully saturated rings. The van der Waals surface area contributed by atoms with E-state index in [9.17, 15) is 4.79 Å². The highest BCUT2D eigenvalue weighted by Gasteiger charge is 2.15. The Morgan fingerprint density at radius 3 is 2.09 bits per heavy atom. The van der Waals surface area contributed by atoms with E-state index in [4.69, 9.17) is 23.9 Å². The Kier molecular flexibility index (Phi) is 6.51. The number of para-hydroxylation sites is 1. The fraction of sp³-hybridized carbons (Fsp3) is 0.154. The molecule has 0 saturated carbocycles. The zero-order chi connectivity index (χ0) is 22.3. The highest BCUT2D eigenvalue weighted by molar-refractivity contribution is 6.04. The Hall–Kier alpha value is -4.06. The van der Waals surface area contributed by atoms with Crippen molar-refractivity contribution in [3.63, 3.8) is 0 Å². The molecule has 1 aromatic heterocycles. The summed E-state index contributed by atoms with van der Waals surface area (Å²) in [6.45, 7) is 0.367. The molecular formula is C26H23NO5. The molecule has 0 amide bonds. The summed E-state index contributed by atoms with van der Waals surface area (Å²) in [6.07, 6.45) is 0. The van der Waals surface area contributed by atoms with Crippen LogP contribution in [-0.2, 0) is 4.74 Å². The van der Waals surface area contributed by atoms with Crippen LogP contribution in [0.5, 0.6) is 17.2 Å². The average molecular weight is 429 g/mol. The lowest BCUT2D eigenvalue weighted by Gasteiger charge is -2.11. The van der Waals surface area contributed by atoms with Crippen molar-refractivity contribution >= 4 is 16.9 Å². The van der Waals surface area contributed by atoms with Gasteiger partial charge in [0.25, 0.3) is 0 Å². The van der Waals surface area contributed by atoms with Crippen LogP contribution in [-0.4, -0.2) is 38.4 Å². The van der Waals surface area contributed by atoms with Crippen molar-refractivity contribution < 1.29 is 23.7 Å². The summed E-state index contributed by atoms with van der Waals surface area (Å²) in [6, 6.07) is 24.1. The number of carbonyl (C=O) groups excluding carboxylic acids is 1. The van der Waals surface area contributed by atoms with Gasteiger partial charge in [0.05, 0.1) is 31.0 Å². The van der Waals surface area contributed by atoms with Crippen molar-refractivity contribution in [1.29, 1.82) is 0 Å². The minimum Gasteiger partial charge on any atom is -0.497 e. The number of pyridine rings is 1. The van der Waals surface area contributed by atoms with Crippen molar-refractivity contribution in [1.82, 2.24) is 4.98 Å². The molecule has 4 aromatic rings. The van der Waals surface area contributed by atoms with Gasteiger partial charge in [-0.1, -0.05) is 18.2 Å². The molecular weight excluding hydrogens is 406 g/mol. The van der Waals surface area contributed by atoms with Gasteiger partial charge < -0.3 is 18.9 Å². The van der Waals surface area contributed by atoms with E-state index in [2.05, 4.69) is 0 Å². The van der Waals surface area contributed by atoms with Crippen molar-refractivity contribution in [2.75, 3.05) is 27.4 Å². The second kappa shape index (κ2) is 9.83. The van der Waals surface area contributed by atoms with E-state index >= 15 is 0 Å². The number of esters is 1. The van der Waals surface area contributed by atoms with Crippen molar-refractivity contribution in [2.45, 2.75) is 0 Å². The number of carbonyl (C=O) groups is 1. The normalized spacial score (nSPS) is 10.6. The number of nitrogens with zero attached hydrogens (tertiary/aromatic N) is 1. The van der Waals surface area contributed by atoms with Gasteiger partial charge in [0.15, 0.2) is 0 Å². The molecule has 0 atom stereocenters. The van der Waals surface area contributed by atoms with Crippen molar-refractivity contribution in [2.24, 2.45) is 0 Å². The van der Waals surface area contributed by atoms with E-state index in [1.54, 1.807) is 32.4 Å². The van der Waals surface area contributed by atoms with Gasteiger partial charge in [-0.2, -0.15) is 0 Å². The maximum absolute atomic E-state index is 12.9. The lowest BCUT2D eigenvalue weighted by molar-refractivity contribution is 0.0452. The van der Waals surface area contributed by atoms with Gasteiger partial charge in [-0.15, -0.1) is 0 Å². The predicted octanol–water partition coefficient (Wildman–Crippen LogP) is 5.15. The van der Waals surface area contributed by atoms with E-state index in [0.29, 0.717) is 17.0 Å². The monoisotopic (exact) mass is 429 g/mol. The fourth-order valence-electron chi connectivity index (χ4n) is 3.30. The molecule has 3 aromatic carbocycles. The maximum Gasteiger partial charge on any atom is 0.339 e. The van der Waals surface area contributed by atoms with Gasteiger partial charge in [-0.05, 0) is 60.7 Å². The zero-order valence-corrected chi connectivity index (χ0v) is 17.9. The molecule has 0 saturated heterocycles. The van der Waals surface area contributed by atoms with E-state index < -0.39 is 5.97 Å². The van der Waals surface area contributed by atoms with E-state index in [-0.39, 0.29) is 13.2 Å². The molecule has 4 rings (SSSR count). The van der Waals surface area contributed by atoms with E-state index in [1.807, 2.05) is 60.7 Å². The van der Waals surface area contributed by atoms with Gasteiger partial charge in [-0.25, -0.2) is 9.78 Å². The molecule has 162 valence electrons. The van der Waals surface area contributed by atoms with Crippen LogP contribution in [0.2, 0.25) is 0 Å². The number of methoxy groups -OCH3 is 2. The second-order valence-electron chi connectivity index (χ2n) is 6.96. The standard InChI is InChI=1S/C26H23NO5/c1-29-19-9-7-18(8-10-19)25-17-23(22-5-3-4-6-24(22)27-25)26(28)32-16-15-31-21-13-11-20(30-2)12-14-21/h3-14,17H,15-16H2,1-2H3. The van der Waals surface area contributed by atoms with Crippen molar-refractivity contribution in [3.8, 4) is 28.5 Å². The van der Waals surface area contributed by atoms with Gasteiger partial charge in [-0.3, -0.25) is 0 Å². The lowest BCUT2D eigenvalue weighted by atomic mass is 10.0. The third-order valence-corrected chi connectivity index (χ3v) is 4.97. The summed E-state index contributed by atoms with van der Waals surface area (Å²) in [5.41, 5.74) is 2.76. The SMILES string of the molecule is COc1ccc(OCCOC(=O)c2cc(-c3ccc(OC)cc3)nc3ccccc23)cc1. The number of rotatable bonds is 8. The summed E-state index contributed by atoms with van der Waals surface area (Å²) >= 11 is 0. The first-order valence-corrected chi connectivity index (χ1v) is 10.2. The molecule has 0 radical (unpaired) electrons. The highest BCUT2D eigenvalue weighted by Crippen LogP contribution is 2.27. The van der Waals surface area contributed by atoms with Crippen LogP contribution in [0.15, 0.2) is 78.9 Å². The van der Waals surface area contributed by atoms with Gasteiger partial charge in [0.2, 0.25) is 0 Å². The van der Waals surface area contributed by atoms with Gasteiger partial charge in [0.1, 0.15) is 30.5 Å². The molecule has 0 aliphatic heterocycles. The first kappa shape index (κ1) is 21.2. The first-order chi connectivity index (χ1) is 15.7. The number of ether oxygens (including phenoxy) is 4. The molecule has 0 spiro atoms. The molecule has 0 bridgehead atoms. The van der Waals surface area contributed by atoms with Crippen LogP contribution in [0.25, 0.3) is 22.2 Å². The van der Waals surface area contributed by atoms with Crippen LogP contribution in [0.1, 0.15) is 10.4 Å². The average Bonchev–Trinajstić information content (AvgIpc) is 2.86. The largest absolute Gasteiger partial charge is 0.497 e.